The molecule has 0 bridgehead atoms. The van der Waals surface area contributed by atoms with Gasteiger partial charge in [0.2, 0.25) is 0 Å². The number of benzene rings is 1. The normalized spacial score (nSPS) is 9.39. The fraction of sp³-hybridized carbons (Fsp3) is 0.231. The Morgan fingerprint density at radius 3 is 2.72 bits per heavy atom. The third-order valence-electron chi connectivity index (χ3n) is 1.97. The van der Waals surface area contributed by atoms with Crippen LogP contribution in [0, 0.1) is 11.8 Å². The second kappa shape index (κ2) is 6.72. The minimum atomic E-state index is -1.03. The van der Waals surface area contributed by atoms with Crippen LogP contribution in [0.1, 0.15) is 29.3 Å². The second-order valence-corrected chi connectivity index (χ2v) is 4.81. The molecule has 0 atom stereocenters. The fourth-order valence-corrected chi connectivity index (χ4v) is 1.75. The lowest BCUT2D eigenvalue weighted by atomic mass is 10.1. The lowest BCUT2D eigenvalue weighted by Gasteiger charge is -1.98. The molecule has 5 heteroatoms. The van der Waals surface area contributed by atoms with Gasteiger partial charge in [-0.3, -0.25) is 4.79 Å². The number of hydrogen-bond donors (Lipinski definition) is 2. The third kappa shape index (κ3) is 4.93. The number of rotatable bonds is 3. The Morgan fingerprint density at radius 2 is 2.11 bits per heavy atom. The van der Waals surface area contributed by atoms with E-state index >= 15 is 0 Å². The van der Waals surface area contributed by atoms with Crippen molar-refractivity contribution < 1.29 is 14.7 Å². The van der Waals surface area contributed by atoms with E-state index < -0.39 is 5.97 Å². The molecule has 4 nitrogen and oxygen atoms in total. The zero-order valence-corrected chi connectivity index (χ0v) is 10.7. The van der Waals surface area contributed by atoms with Crippen molar-refractivity contribution in [2.24, 2.45) is 0 Å². The van der Waals surface area contributed by atoms with Crippen LogP contribution >= 0.6 is 11.8 Å². The molecular weight excluding hydrogens is 250 g/mol. The van der Waals surface area contributed by atoms with Gasteiger partial charge in [-0.05, 0) is 18.2 Å². The summed E-state index contributed by atoms with van der Waals surface area (Å²) in [5.74, 6) is 5.32. The summed E-state index contributed by atoms with van der Waals surface area (Å²) in [4.78, 5) is 21.5. The summed E-state index contributed by atoms with van der Waals surface area (Å²) in [6.45, 7) is 1.51. The first-order valence-corrected chi connectivity index (χ1v) is 6.23. The van der Waals surface area contributed by atoms with Gasteiger partial charge in [0.25, 0.3) is 0 Å². The Balaban J connectivity index is 2.70. The average Bonchev–Trinajstić information content (AvgIpc) is 2.27. The number of aromatic carboxylic acids is 1. The first-order chi connectivity index (χ1) is 8.49. The molecule has 0 aromatic heterocycles. The topological polar surface area (TPSA) is 80.4 Å². The highest BCUT2D eigenvalue weighted by Crippen LogP contribution is 2.11. The van der Waals surface area contributed by atoms with Crippen molar-refractivity contribution in [2.75, 3.05) is 11.5 Å². The number of carbonyl (C=O) groups excluding carboxylic acids is 1. The quantitative estimate of drug-likeness (QED) is 0.495. The smallest absolute Gasteiger partial charge is 0.335 e. The predicted octanol–water partition coefficient (Wildman–Crippen LogP) is 1.99. The first-order valence-electron chi connectivity index (χ1n) is 5.25. The number of hydrogen-bond acceptors (Lipinski definition) is 4. The molecule has 0 heterocycles. The molecule has 0 fully saturated rings. The zero-order chi connectivity index (χ0) is 13.5. The van der Waals surface area contributed by atoms with Gasteiger partial charge in [0.1, 0.15) is 0 Å². The zero-order valence-electron chi connectivity index (χ0n) is 9.90. The number of carboxylic acid groups (broad SMARTS) is 1. The molecule has 0 spiro atoms. The number of carbonyl (C=O) groups is 2. The Bertz CT molecular complexity index is 529. The minimum absolute atomic E-state index is 0.0638. The van der Waals surface area contributed by atoms with E-state index in [1.54, 1.807) is 6.07 Å². The maximum Gasteiger partial charge on any atom is 0.335 e. The van der Waals surface area contributed by atoms with Gasteiger partial charge in [-0.2, -0.15) is 0 Å². The summed E-state index contributed by atoms with van der Waals surface area (Å²) in [5, 5.41) is 8.92. The fourth-order valence-electron chi connectivity index (χ4n) is 1.26. The summed E-state index contributed by atoms with van der Waals surface area (Å²) in [7, 11) is 0. The van der Waals surface area contributed by atoms with Gasteiger partial charge in [-0.25, -0.2) is 4.79 Å². The van der Waals surface area contributed by atoms with Crippen molar-refractivity contribution in [2.45, 2.75) is 13.3 Å². The van der Waals surface area contributed by atoms with E-state index in [0.717, 1.165) is 0 Å². The molecule has 0 aliphatic carbocycles. The van der Waals surface area contributed by atoms with Gasteiger partial charge < -0.3 is 10.8 Å². The molecule has 0 saturated heterocycles. The summed E-state index contributed by atoms with van der Waals surface area (Å²) < 4.78 is 0. The molecule has 3 N–H and O–H groups in total. The Kier molecular flexibility index (Phi) is 5.28. The number of thioether (sulfide) groups is 1. The number of carboxylic acids is 1. The highest BCUT2D eigenvalue weighted by molar-refractivity contribution is 8.13. The van der Waals surface area contributed by atoms with E-state index in [9.17, 15) is 9.59 Å². The molecule has 0 amide bonds. The molecule has 18 heavy (non-hydrogen) atoms. The van der Waals surface area contributed by atoms with Crippen molar-refractivity contribution in [3.05, 3.63) is 29.3 Å². The van der Waals surface area contributed by atoms with Crippen molar-refractivity contribution in [3.63, 3.8) is 0 Å². The molecule has 0 radical (unpaired) electrons. The first kappa shape index (κ1) is 14.1. The van der Waals surface area contributed by atoms with Crippen LogP contribution in [-0.4, -0.2) is 21.9 Å². The summed E-state index contributed by atoms with van der Waals surface area (Å²) in [6.07, 6.45) is 0.571. The number of anilines is 1. The van der Waals surface area contributed by atoms with Gasteiger partial charge in [0, 0.05) is 30.3 Å². The van der Waals surface area contributed by atoms with Crippen molar-refractivity contribution in [1.82, 2.24) is 0 Å². The van der Waals surface area contributed by atoms with E-state index in [0.29, 0.717) is 23.4 Å². The lowest BCUT2D eigenvalue weighted by molar-refractivity contribution is -0.109. The van der Waals surface area contributed by atoms with Crippen LogP contribution in [0.4, 0.5) is 5.69 Å². The SMILES string of the molecule is CC(=O)SCCC#Cc1cc(N)cc(C(=O)O)c1. The Morgan fingerprint density at radius 1 is 1.39 bits per heavy atom. The molecule has 0 unspecified atom stereocenters. The molecule has 0 saturated carbocycles. The van der Waals surface area contributed by atoms with E-state index in [1.807, 2.05) is 0 Å². The molecule has 1 aromatic rings. The molecule has 1 rings (SSSR count). The van der Waals surface area contributed by atoms with E-state index in [-0.39, 0.29) is 10.7 Å². The van der Waals surface area contributed by atoms with Crippen LogP contribution in [0.15, 0.2) is 18.2 Å². The minimum Gasteiger partial charge on any atom is -0.478 e. The summed E-state index contributed by atoms with van der Waals surface area (Å²) >= 11 is 1.22. The van der Waals surface area contributed by atoms with Gasteiger partial charge in [-0.15, -0.1) is 0 Å². The molecule has 0 aliphatic heterocycles. The van der Waals surface area contributed by atoms with Crippen molar-refractivity contribution in [1.29, 1.82) is 0 Å². The average molecular weight is 263 g/mol. The highest BCUT2D eigenvalue weighted by Gasteiger charge is 2.04. The van der Waals surface area contributed by atoms with Crippen LogP contribution < -0.4 is 5.73 Å². The van der Waals surface area contributed by atoms with Gasteiger partial charge in [-0.1, -0.05) is 23.6 Å². The standard InChI is InChI=1S/C13H13NO3S/c1-9(15)18-5-3-2-4-10-6-11(13(16)17)8-12(14)7-10/h6-8H,3,5,14H2,1H3,(H,16,17). The maximum atomic E-state index is 10.8. The Labute approximate surface area is 110 Å². The van der Waals surface area contributed by atoms with Crippen LogP contribution in [0.25, 0.3) is 0 Å². The molecule has 94 valence electrons. The summed E-state index contributed by atoms with van der Waals surface area (Å²) in [5.41, 5.74) is 6.65. The van der Waals surface area contributed by atoms with Gasteiger partial charge >= 0.3 is 5.97 Å². The van der Waals surface area contributed by atoms with E-state index in [1.165, 1.54) is 30.8 Å². The largest absolute Gasteiger partial charge is 0.478 e. The predicted molar refractivity (Wildman–Crippen MR) is 72.4 cm³/mol. The van der Waals surface area contributed by atoms with Gasteiger partial charge in [0.05, 0.1) is 5.56 Å². The van der Waals surface area contributed by atoms with Crippen LogP contribution in [-0.2, 0) is 4.79 Å². The highest BCUT2D eigenvalue weighted by atomic mass is 32.2. The monoisotopic (exact) mass is 263 g/mol. The van der Waals surface area contributed by atoms with E-state index in [4.69, 9.17) is 10.8 Å². The third-order valence-corrected chi connectivity index (χ3v) is 2.78. The van der Waals surface area contributed by atoms with Gasteiger partial charge in [0.15, 0.2) is 5.12 Å². The van der Waals surface area contributed by atoms with Crippen LogP contribution in [0.5, 0.6) is 0 Å². The second-order valence-electron chi connectivity index (χ2n) is 3.54. The Hall–Kier alpha value is -1.93. The lowest BCUT2D eigenvalue weighted by Crippen LogP contribution is -1.98. The molecule has 0 aliphatic rings. The molecular formula is C13H13NO3S. The van der Waals surface area contributed by atoms with E-state index in [2.05, 4.69) is 11.8 Å². The van der Waals surface area contributed by atoms with Crippen LogP contribution in [0.3, 0.4) is 0 Å². The number of nitrogen functional groups attached to an aromatic ring is 1. The molecule has 1 aromatic carbocycles. The summed E-state index contributed by atoms with van der Waals surface area (Å²) in [6, 6.07) is 4.49. The van der Waals surface area contributed by atoms with Crippen molar-refractivity contribution in [3.8, 4) is 11.8 Å². The maximum absolute atomic E-state index is 10.8. The number of nitrogens with two attached hydrogens (primary N) is 1. The van der Waals surface area contributed by atoms with Crippen molar-refractivity contribution >= 4 is 28.5 Å². The van der Waals surface area contributed by atoms with Crippen LogP contribution in [0.2, 0.25) is 0 Å².